The molecule has 0 aliphatic carbocycles. The van der Waals surface area contributed by atoms with Gasteiger partial charge in [0, 0.05) is 18.7 Å². The number of carbonyl (C=O) groups excluding carboxylic acids is 1. The van der Waals surface area contributed by atoms with Crippen LogP contribution >= 0.6 is 0 Å². The third-order valence-electron chi connectivity index (χ3n) is 1.90. The van der Waals surface area contributed by atoms with E-state index < -0.39 is 0 Å². The van der Waals surface area contributed by atoms with Crippen LogP contribution < -0.4 is 10.6 Å². The molecule has 0 unspecified atom stereocenters. The second-order valence-corrected chi connectivity index (χ2v) is 2.72. The summed E-state index contributed by atoms with van der Waals surface area (Å²) in [7, 11) is 0. The predicted octanol–water partition coefficient (Wildman–Crippen LogP) is -0.345. The third-order valence-corrected chi connectivity index (χ3v) is 1.90. The zero-order valence-corrected chi connectivity index (χ0v) is 7.11. The van der Waals surface area contributed by atoms with Crippen molar-refractivity contribution < 1.29 is 4.79 Å². The number of rotatable bonds is 2. The van der Waals surface area contributed by atoms with Gasteiger partial charge in [-0.2, -0.15) is 0 Å². The zero-order chi connectivity index (χ0) is 8.97. The molecule has 0 saturated carbocycles. The van der Waals surface area contributed by atoms with Gasteiger partial charge in [0.1, 0.15) is 0 Å². The molecule has 0 aromatic rings. The fraction of sp³-hybridized carbons (Fsp3) is 0.444. The molecule has 12 heavy (non-hydrogen) atoms. The maximum absolute atomic E-state index is 11.2. The summed E-state index contributed by atoms with van der Waals surface area (Å²) in [5, 5.41) is 5.70. The van der Waals surface area contributed by atoms with Crippen LogP contribution in [0.15, 0.2) is 11.1 Å². The van der Waals surface area contributed by atoms with Gasteiger partial charge in [-0.15, -0.1) is 6.42 Å². The van der Waals surface area contributed by atoms with Gasteiger partial charge in [-0.25, -0.2) is 0 Å². The minimum Gasteiger partial charge on any atom is -0.341 e. The first-order chi connectivity index (χ1) is 5.75. The molecule has 0 spiro atoms. The van der Waals surface area contributed by atoms with Gasteiger partial charge in [0.25, 0.3) is 0 Å². The molecule has 0 aromatic carbocycles. The Balaban J connectivity index is 2.47. The molecule has 3 nitrogen and oxygen atoms in total. The molecule has 2 N–H and O–H groups in total. The van der Waals surface area contributed by atoms with Crippen molar-refractivity contribution in [3.05, 3.63) is 11.1 Å². The van der Waals surface area contributed by atoms with Crippen molar-refractivity contribution in [1.82, 2.24) is 10.6 Å². The predicted molar refractivity (Wildman–Crippen MR) is 47.4 cm³/mol. The normalized spacial score (nSPS) is 14.5. The van der Waals surface area contributed by atoms with Gasteiger partial charge in [-0.05, 0) is 12.5 Å². The van der Waals surface area contributed by atoms with Gasteiger partial charge in [-0.1, -0.05) is 5.92 Å². The molecule has 3 heteroatoms. The van der Waals surface area contributed by atoms with E-state index in [0.717, 1.165) is 18.7 Å². The van der Waals surface area contributed by atoms with Crippen LogP contribution in [0.2, 0.25) is 0 Å². The second kappa shape index (κ2) is 3.93. The van der Waals surface area contributed by atoms with Crippen LogP contribution in [0.3, 0.4) is 0 Å². The highest BCUT2D eigenvalue weighted by atomic mass is 16.1. The average Bonchev–Trinajstić information content (AvgIpc) is 1.96. The lowest BCUT2D eigenvalue weighted by atomic mass is 10.0. The molecule has 1 rings (SSSR count). The molecule has 1 aliphatic heterocycles. The Bertz CT molecular complexity index is 254. The molecular weight excluding hydrogens is 152 g/mol. The number of nitrogens with one attached hydrogen (secondary N) is 2. The van der Waals surface area contributed by atoms with Crippen LogP contribution in [0.25, 0.3) is 0 Å². The van der Waals surface area contributed by atoms with Crippen molar-refractivity contribution in [3.63, 3.8) is 0 Å². The molecule has 1 amide bonds. The van der Waals surface area contributed by atoms with E-state index in [1.165, 1.54) is 5.57 Å². The molecule has 1 aliphatic rings. The maximum atomic E-state index is 11.2. The number of terminal acetylenes is 1. The minimum atomic E-state index is -0.0514. The van der Waals surface area contributed by atoms with Crippen molar-refractivity contribution in [3.8, 4) is 12.3 Å². The summed E-state index contributed by atoms with van der Waals surface area (Å²) in [6.45, 7) is 3.78. The van der Waals surface area contributed by atoms with Crippen LogP contribution in [0.1, 0.15) is 6.92 Å². The summed E-state index contributed by atoms with van der Waals surface area (Å²) in [5.74, 6) is 2.31. The molecule has 1 fully saturated rings. The fourth-order valence-corrected chi connectivity index (χ4v) is 0.940. The molecule has 0 bridgehead atoms. The summed E-state index contributed by atoms with van der Waals surface area (Å²) >= 11 is 0. The van der Waals surface area contributed by atoms with E-state index in [4.69, 9.17) is 6.42 Å². The van der Waals surface area contributed by atoms with Gasteiger partial charge in [0.15, 0.2) is 0 Å². The van der Waals surface area contributed by atoms with Crippen LogP contribution in [-0.4, -0.2) is 25.5 Å². The molecule has 0 atom stereocenters. The number of carbonyl (C=O) groups is 1. The van der Waals surface area contributed by atoms with Crippen LogP contribution in [0, 0.1) is 12.3 Å². The summed E-state index contributed by atoms with van der Waals surface area (Å²) < 4.78 is 0. The molecule has 1 saturated heterocycles. The van der Waals surface area contributed by atoms with Gasteiger partial charge in [-0.3, -0.25) is 4.79 Å². The van der Waals surface area contributed by atoms with Gasteiger partial charge >= 0.3 is 0 Å². The molecule has 0 radical (unpaired) electrons. The van der Waals surface area contributed by atoms with Gasteiger partial charge in [0.05, 0.1) is 6.54 Å². The van der Waals surface area contributed by atoms with E-state index in [0.29, 0.717) is 6.54 Å². The van der Waals surface area contributed by atoms with E-state index in [-0.39, 0.29) is 5.91 Å². The Morgan fingerprint density at radius 1 is 1.75 bits per heavy atom. The fourth-order valence-electron chi connectivity index (χ4n) is 0.940. The summed E-state index contributed by atoms with van der Waals surface area (Å²) in [5.41, 5.74) is 1.97. The maximum Gasteiger partial charge on any atom is 0.247 e. The minimum absolute atomic E-state index is 0.0514. The Labute approximate surface area is 72.2 Å². The quantitative estimate of drug-likeness (QED) is 0.433. The molecule has 0 aromatic heterocycles. The molecular formula is C9H12N2O. The van der Waals surface area contributed by atoms with Crippen molar-refractivity contribution >= 4 is 5.91 Å². The SMILES string of the molecule is C#CCNC(=O)C(C)=C1CNC1. The number of amides is 1. The first-order valence-corrected chi connectivity index (χ1v) is 3.86. The monoisotopic (exact) mass is 164 g/mol. The Morgan fingerprint density at radius 2 is 2.42 bits per heavy atom. The van der Waals surface area contributed by atoms with E-state index in [1.54, 1.807) is 0 Å². The lowest BCUT2D eigenvalue weighted by Gasteiger charge is -2.21. The Morgan fingerprint density at radius 3 is 2.83 bits per heavy atom. The van der Waals surface area contributed by atoms with E-state index >= 15 is 0 Å². The zero-order valence-electron chi connectivity index (χ0n) is 7.11. The van der Waals surface area contributed by atoms with Crippen LogP contribution in [0.4, 0.5) is 0 Å². The smallest absolute Gasteiger partial charge is 0.247 e. The first kappa shape index (κ1) is 8.82. The average molecular weight is 164 g/mol. The van der Waals surface area contributed by atoms with Crippen molar-refractivity contribution in [2.45, 2.75) is 6.92 Å². The highest BCUT2D eigenvalue weighted by Gasteiger charge is 2.14. The Kier molecular flexibility index (Phi) is 2.89. The van der Waals surface area contributed by atoms with E-state index in [2.05, 4.69) is 16.6 Å². The highest BCUT2D eigenvalue weighted by molar-refractivity contribution is 5.94. The van der Waals surface area contributed by atoms with Gasteiger partial charge in [0.2, 0.25) is 5.91 Å². The van der Waals surface area contributed by atoms with E-state index in [9.17, 15) is 4.79 Å². The number of hydrogen-bond acceptors (Lipinski definition) is 2. The first-order valence-electron chi connectivity index (χ1n) is 3.86. The third kappa shape index (κ3) is 1.86. The summed E-state index contributed by atoms with van der Waals surface area (Å²) in [6.07, 6.45) is 5.01. The lowest BCUT2D eigenvalue weighted by molar-refractivity contribution is -0.117. The largest absolute Gasteiger partial charge is 0.341 e. The van der Waals surface area contributed by atoms with Gasteiger partial charge < -0.3 is 10.6 Å². The number of hydrogen-bond donors (Lipinski definition) is 2. The Hall–Kier alpha value is -1.27. The van der Waals surface area contributed by atoms with Crippen molar-refractivity contribution in [2.24, 2.45) is 0 Å². The topological polar surface area (TPSA) is 41.1 Å². The van der Waals surface area contributed by atoms with Crippen LogP contribution in [-0.2, 0) is 4.79 Å². The summed E-state index contributed by atoms with van der Waals surface area (Å²) in [6, 6.07) is 0. The molecule has 64 valence electrons. The highest BCUT2D eigenvalue weighted by Crippen LogP contribution is 2.07. The summed E-state index contributed by atoms with van der Waals surface area (Å²) in [4.78, 5) is 11.2. The van der Waals surface area contributed by atoms with Crippen molar-refractivity contribution in [2.75, 3.05) is 19.6 Å². The van der Waals surface area contributed by atoms with Crippen LogP contribution in [0.5, 0.6) is 0 Å². The second-order valence-electron chi connectivity index (χ2n) is 2.72. The standard InChI is InChI=1S/C9H12N2O/c1-3-4-11-9(12)7(2)8-5-10-6-8/h1,10H,4-6H2,2H3,(H,11,12). The van der Waals surface area contributed by atoms with E-state index in [1.807, 2.05) is 6.92 Å². The lowest BCUT2D eigenvalue weighted by Crippen LogP contribution is -2.37. The van der Waals surface area contributed by atoms with Crippen molar-refractivity contribution in [1.29, 1.82) is 0 Å². The molecule has 1 heterocycles.